The average Bonchev–Trinajstić information content (AvgIpc) is 3.32. The number of allylic oxidation sites excluding steroid dienone is 2. The van der Waals surface area contributed by atoms with Crippen LogP contribution in [0.3, 0.4) is 0 Å². The molecule has 0 aliphatic heterocycles. The van der Waals surface area contributed by atoms with Gasteiger partial charge in [-0.25, -0.2) is 0 Å². The van der Waals surface area contributed by atoms with Gasteiger partial charge in [-0.15, -0.1) is 0 Å². The van der Waals surface area contributed by atoms with Crippen LogP contribution in [-0.2, 0) is 16.0 Å². The van der Waals surface area contributed by atoms with E-state index in [9.17, 15) is 9.59 Å². The van der Waals surface area contributed by atoms with E-state index in [1.54, 1.807) is 0 Å². The van der Waals surface area contributed by atoms with Crippen molar-refractivity contribution in [3.8, 4) is 0 Å². The Kier molecular flexibility index (Phi) is 4.56. The van der Waals surface area contributed by atoms with Gasteiger partial charge in [0.05, 0.1) is 10.8 Å². The zero-order valence-corrected chi connectivity index (χ0v) is 18.7. The first-order chi connectivity index (χ1) is 13.6. The number of hydrogen-bond donors (Lipinski definition) is 3. The van der Waals surface area contributed by atoms with Crippen molar-refractivity contribution in [3.05, 3.63) is 46.5 Å². The Labute approximate surface area is 180 Å². The second-order valence-corrected chi connectivity index (χ2v) is 11.0. The van der Waals surface area contributed by atoms with Crippen LogP contribution in [0.15, 0.2) is 40.9 Å². The molecule has 2 fully saturated rings. The molecule has 5 nitrogen and oxygen atoms in total. The number of hydrogen-bond acceptors (Lipinski definition) is 3. The highest BCUT2D eigenvalue weighted by atomic mass is 79.9. The van der Waals surface area contributed by atoms with Crippen LogP contribution in [0.2, 0.25) is 0 Å². The minimum Gasteiger partial charge on any atom is -0.369 e. The maximum Gasteiger partial charge on any atom is 0.225 e. The molecule has 1 aromatic rings. The number of carbonyl (C=O) groups excluding carboxylic acids is 2. The van der Waals surface area contributed by atoms with E-state index in [1.165, 1.54) is 0 Å². The van der Waals surface area contributed by atoms with E-state index < -0.39 is 22.6 Å². The smallest absolute Gasteiger partial charge is 0.225 e. The van der Waals surface area contributed by atoms with Crippen LogP contribution in [0.1, 0.15) is 38.7 Å². The molecule has 2 bridgehead atoms. The van der Waals surface area contributed by atoms with Crippen molar-refractivity contribution < 1.29 is 9.59 Å². The van der Waals surface area contributed by atoms with Crippen LogP contribution in [0.25, 0.3) is 0 Å². The van der Waals surface area contributed by atoms with Gasteiger partial charge in [0, 0.05) is 4.47 Å². The monoisotopic (exact) mass is 459 g/mol. The van der Waals surface area contributed by atoms with Gasteiger partial charge in [0.1, 0.15) is 0 Å². The molecule has 0 unspecified atom stereocenters. The van der Waals surface area contributed by atoms with Gasteiger partial charge in [0.2, 0.25) is 11.8 Å². The van der Waals surface area contributed by atoms with Crippen molar-refractivity contribution in [2.45, 2.75) is 39.5 Å². The largest absolute Gasteiger partial charge is 0.369 e. The van der Waals surface area contributed by atoms with Gasteiger partial charge in [0.25, 0.3) is 0 Å². The van der Waals surface area contributed by atoms with Crippen molar-refractivity contribution in [3.63, 3.8) is 0 Å². The standard InChI is InChI=1S/C23H30BrN3O2/c1-20(2,13-25)12-23(19(27)29)17-8-7-16(21(17)9-10-21)22(23,18(26)28)11-14-3-5-15(24)6-4-14/h3-8,16-17H,9-13,25H2,1-2H3,(H2,26,28)(H2,27,29)/t16-,17+,22-,23-/m0/s1. The lowest BCUT2D eigenvalue weighted by atomic mass is 9.50. The molecule has 1 aromatic carbocycles. The third-order valence-corrected chi connectivity index (χ3v) is 8.53. The molecule has 0 radical (unpaired) electrons. The molecule has 6 N–H and O–H groups in total. The van der Waals surface area contributed by atoms with Crippen LogP contribution in [0.4, 0.5) is 0 Å². The van der Waals surface area contributed by atoms with Crippen LogP contribution in [0, 0.1) is 33.5 Å². The predicted molar refractivity (Wildman–Crippen MR) is 116 cm³/mol. The summed E-state index contributed by atoms with van der Waals surface area (Å²) in [6, 6.07) is 7.89. The molecule has 3 aliphatic carbocycles. The molecule has 156 valence electrons. The highest BCUT2D eigenvalue weighted by molar-refractivity contribution is 9.10. The zero-order valence-electron chi connectivity index (χ0n) is 17.1. The summed E-state index contributed by atoms with van der Waals surface area (Å²) in [6.07, 6.45) is 7.15. The van der Waals surface area contributed by atoms with Gasteiger partial charge in [-0.1, -0.05) is 54.1 Å². The molecule has 1 spiro atoms. The van der Waals surface area contributed by atoms with E-state index in [0.717, 1.165) is 22.9 Å². The summed E-state index contributed by atoms with van der Waals surface area (Å²) in [5.74, 6) is -0.971. The number of amides is 2. The van der Waals surface area contributed by atoms with Crippen molar-refractivity contribution >= 4 is 27.7 Å². The molecule has 3 aliphatic rings. The Morgan fingerprint density at radius 2 is 1.55 bits per heavy atom. The van der Waals surface area contributed by atoms with Crippen LogP contribution in [-0.4, -0.2) is 18.4 Å². The Hall–Kier alpha value is -1.66. The van der Waals surface area contributed by atoms with Crippen LogP contribution < -0.4 is 17.2 Å². The van der Waals surface area contributed by atoms with Gasteiger partial charge in [-0.3, -0.25) is 9.59 Å². The number of rotatable bonds is 7. The quantitative estimate of drug-likeness (QED) is 0.544. The molecule has 0 saturated heterocycles. The van der Waals surface area contributed by atoms with E-state index in [-0.39, 0.29) is 22.7 Å². The lowest BCUT2D eigenvalue weighted by molar-refractivity contribution is -0.154. The molecular weight excluding hydrogens is 430 g/mol. The molecule has 4 rings (SSSR count). The van der Waals surface area contributed by atoms with Gasteiger partial charge in [-0.05, 0) is 72.6 Å². The van der Waals surface area contributed by atoms with Gasteiger partial charge < -0.3 is 17.2 Å². The third-order valence-electron chi connectivity index (χ3n) is 8.01. The molecule has 29 heavy (non-hydrogen) atoms. The maximum atomic E-state index is 13.3. The summed E-state index contributed by atoms with van der Waals surface area (Å²) in [6.45, 7) is 4.49. The maximum absolute atomic E-state index is 13.3. The molecule has 0 aromatic heterocycles. The first-order valence-corrected chi connectivity index (χ1v) is 11.1. The topological polar surface area (TPSA) is 112 Å². The summed E-state index contributed by atoms with van der Waals surface area (Å²) in [4.78, 5) is 26.7. The van der Waals surface area contributed by atoms with E-state index >= 15 is 0 Å². The first kappa shape index (κ1) is 20.6. The van der Waals surface area contributed by atoms with Crippen molar-refractivity contribution in [1.29, 1.82) is 0 Å². The van der Waals surface area contributed by atoms with Crippen molar-refractivity contribution in [2.75, 3.05) is 6.54 Å². The Morgan fingerprint density at radius 1 is 1.03 bits per heavy atom. The molecule has 2 amide bonds. The highest BCUT2D eigenvalue weighted by Crippen LogP contribution is 2.81. The molecule has 2 saturated carbocycles. The lowest BCUT2D eigenvalue weighted by Crippen LogP contribution is -2.62. The Bertz CT molecular complexity index is 890. The highest BCUT2D eigenvalue weighted by Gasteiger charge is 2.82. The molecule has 0 heterocycles. The SMILES string of the molecule is CC(C)(CN)C[C@@]1(C(N)=O)[C@@H]2C=C[C@@H](C23CC3)[C@@]1(Cc1ccc(Br)cc1)C(N)=O. The van der Waals surface area contributed by atoms with Gasteiger partial charge >= 0.3 is 0 Å². The number of benzene rings is 1. The van der Waals surface area contributed by atoms with Crippen molar-refractivity contribution in [1.82, 2.24) is 0 Å². The Morgan fingerprint density at radius 3 is 2.00 bits per heavy atom. The van der Waals surface area contributed by atoms with Crippen LogP contribution in [0.5, 0.6) is 0 Å². The third kappa shape index (κ3) is 2.61. The molecule has 6 heteroatoms. The zero-order chi connectivity index (χ0) is 21.2. The second kappa shape index (κ2) is 6.42. The molecule has 4 atom stereocenters. The van der Waals surface area contributed by atoms with E-state index in [2.05, 4.69) is 28.1 Å². The van der Waals surface area contributed by atoms with Crippen LogP contribution >= 0.6 is 15.9 Å². The van der Waals surface area contributed by atoms with E-state index in [0.29, 0.717) is 19.4 Å². The fourth-order valence-corrected chi connectivity index (χ4v) is 6.90. The predicted octanol–water partition coefficient (Wildman–Crippen LogP) is 2.91. The summed E-state index contributed by atoms with van der Waals surface area (Å²) in [5, 5.41) is 0. The van der Waals surface area contributed by atoms with E-state index in [1.807, 2.05) is 38.1 Å². The number of halogens is 1. The van der Waals surface area contributed by atoms with Crippen molar-refractivity contribution in [2.24, 2.45) is 50.7 Å². The molecular formula is C23H30BrN3O2. The first-order valence-electron chi connectivity index (χ1n) is 10.3. The minimum absolute atomic E-state index is 0.0636. The van der Waals surface area contributed by atoms with Gasteiger partial charge in [0.15, 0.2) is 0 Å². The normalized spacial score (nSPS) is 33.9. The fourth-order valence-electron chi connectivity index (χ4n) is 6.64. The fraction of sp³-hybridized carbons (Fsp3) is 0.565. The summed E-state index contributed by atoms with van der Waals surface area (Å²) < 4.78 is 0.964. The second-order valence-electron chi connectivity index (χ2n) is 10.1. The van der Waals surface area contributed by atoms with E-state index in [4.69, 9.17) is 17.2 Å². The average molecular weight is 460 g/mol. The number of primary amides is 2. The van der Waals surface area contributed by atoms with Gasteiger partial charge in [-0.2, -0.15) is 0 Å². The summed E-state index contributed by atoms with van der Waals surface area (Å²) >= 11 is 3.47. The lowest BCUT2D eigenvalue weighted by Gasteiger charge is -2.50. The summed E-state index contributed by atoms with van der Waals surface area (Å²) in [5.41, 5.74) is 17.0. The Balaban J connectivity index is 1.94. The number of carbonyl (C=O) groups is 2. The minimum atomic E-state index is -1.05. The number of nitrogens with two attached hydrogens (primary N) is 3. The summed E-state index contributed by atoms with van der Waals surface area (Å²) in [7, 11) is 0.